The largest absolute Gasteiger partial charge is 0.326 e. The maximum absolute atomic E-state index is 6.24. The molecule has 1 aliphatic rings. The van der Waals surface area contributed by atoms with E-state index >= 15 is 0 Å². The maximum Gasteiger partial charge on any atom is 0.0702 e. The van der Waals surface area contributed by atoms with Crippen LogP contribution in [-0.4, -0.2) is 49.1 Å². The van der Waals surface area contributed by atoms with E-state index in [9.17, 15) is 0 Å². The maximum atomic E-state index is 6.24. The lowest BCUT2D eigenvalue weighted by Gasteiger charge is -2.40. The molecule has 0 aliphatic carbocycles. The first-order valence-electron chi connectivity index (χ1n) is 6.90. The number of likely N-dealkylation sites (tertiary alicyclic amines) is 1. The zero-order chi connectivity index (χ0) is 14.0. The van der Waals surface area contributed by atoms with E-state index in [0.29, 0.717) is 6.04 Å². The van der Waals surface area contributed by atoms with Gasteiger partial charge in [-0.1, -0.05) is 0 Å². The zero-order valence-corrected chi connectivity index (χ0v) is 14.4. The van der Waals surface area contributed by atoms with Crippen LogP contribution in [0.2, 0.25) is 0 Å². The predicted octanol–water partition coefficient (Wildman–Crippen LogP) is 2.92. The number of hydrogen-bond donors (Lipinski definition) is 1. The lowest BCUT2D eigenvalue weighted by atomic mass is 9.99. The van der Waals surface area contributed by atoms with Crippen LogP contribution < -0.4 is 5.73 Å². The molecule has 1 saturated heterocycles. The minimum Gasteiger partial charge on any atom is -0.326 e. The Morgan fingerprint density at radius 3 is 2.42 bits per heavy atom. The Hall–Kier alpha value is 0.0600. The highest BCUT2D eigenvalue weighted by Gasteiger charge is 2.29. The van der Waals surface area contributed by atoms with Crippen molar-refractivity contribution in [1.82, 2.24) is 9.80 Å². The van der Waals surface area contributed by atoms with Gasteiger partial charge in [0.1, 0.15) is 0 Å². The van der Waals surface area contributed by atoms with Crippen molar-refractivity contribution >= 4 is 27.3 Å². The van der Waals surface area contributed by atoms with Gasteiger partial charge in [-0.15, -0.1) is 11.3 Å². The number of nitrogens with two attached hydrogens (primary N) is 1. The highest BCUT2D eigenvalue weighted by Crippen LogP contribution is 2.34. The van der Waals surface area contributed by atoms with Crippen LogP contribution in [0.5, 0.6) is 0 Å². The topological polar surface area (TPSA) is 32.5 Å². The Bertz CT molecular complexity index is 397. The first-order chi connectivity index (χ1) is 8.99. The third-order valence-corrected chi connectivity index (χ3v) is 5.70. The molecule has 1 aromatic heterocycles. The standard InChI is InChI=1S/C14H24BrN3S/c1-10(16)14(12-4-5-13(15)19-12)18-8-6-11(7-9-18)17(2)3/h4-5,10-11,14H,6-9,16H2,1-3H3. The number of thiophene rings is 1. The molecule has 0 amide bonds. The van der Waals surface area contributed by atoms with Gasteiger partial charge >= 0.3 is 0 Å². The second kappa shape index (κ2) is 6.68. The fourth-order valence-electron chi connectivity index (χ4n) is 2.94. The predicted molar refractivity (Wildman–Crippen MR) is 86.7 cm³/mol. The molecule has 0 saturated carbocycles. The minimum absolute atomic E-state index is 0.168. The van der Waals surface area contributed by atoms with Gasteiger partial charge in [-0.2, -0.15) is 0 Å². The van der Waals surface area contributed by atoms with Crippen LogP contribution in [0.15, 0.2) is 15.9 Å². The van der Waals surface area contributed by atoms with Gasteiger partial charge in [-0.05, 0) is 61.9 Å². The molecule has 3 nitrogen and oxygen atoms in total. The number of piperidine rings is 1. The van der Waals surface area contributed by atoms with Gasteiger partial charge in [0.25, 0.3) is 0 Å². The summed E-state index contributed by atoms with van der Waals surface area (Å²) in [4.78, 5) is 6.29. The molecule has 0 aromatic carbocycles. The second-order valence-corrected chi connectivity index (χ2v) is 8.17. The Morgan fingerprint density at radius 2 is 2.00 bits per heavy atom. The average molecular weight is 346 g/mol. The monoisotopic (exact) mass is 345 g/mol. The van der Waals surface area contributed by atoms with E-state index in [-0.39, 0.29) is 6.04 Å². The molecule has 2 atom stereocenters. The zero-order valence-electron chi connectivity index (χ0n) is 12.0. The van der Waals surface area contributed by atoms with Crippen molar-refractivity contribution in [2.75, 3.05) is 27.2 Å². The first kappa shape index (κ1) is 15.4. The summed E-state index contributed by atoms with van der Waals surface area (Å²) in [5, 5.41) is 0. The molecule has 0 radical (unpaired) electrons. The summed E-state index contributed by atoms with van der Waals surface area (Å²) in [5.74, 6) is 0. The summed E-state index contributed by atoms with van der Waals surface area (Å²) in [5.41, 5.74) is 6.24. The van der Waals surface area contributed by atoms with Crippen LogP contribution in [0.1, 0.15) is 30.7 Å². The highest BCUT2D eigenvalue weighted by atomic mass is 79.9. The van der Waals surface area contributed by atoms with E-state index in [0.717, 1.165) is 19.1 Å². The third kappa shape index (κ3) is 3.79. The molecule has 1 aliphatic heterocycles. The highest BCUT2D eigenvalue weighted by molar-refractivity contribution is 9.11. The second-order valence-electron chi connectivity index (χ2n) is 5.68. The fraction of sp³-hybridized carbons (Fsp3) is 0.714. The number of halogens is 1. The van der Waals surface area contributed by atoms with Crippen molar-refractivity contribution < 1.29 is 0 Å². The van der Waals surface area contributed by atoms with Crippen molar-refractivity contribution in [3.8, 4) is 0 Å². The molecule has 1 fully saturated rings. The quantitative estimate of drug-likeness (QED) is 0.910. The molecule has 2 unspecified atom stereocenters. The van der Waals surface area contributed by atoms with E-state index in [2.05, 4.69) is 58.9 Å². The van der Waals surface area contributed by atoms with E-state index in [1.54, 1.807) is 0 Å². The van der Waals surface area contributed by atoms with Crippen molar-refractivity contribution in [1.29, 1.82) is 0 Å². The molecular weight excluding hydrogens is 322 g/mol. The molecule has 19 heavy (non-hydrogen) atoms. The third-order valence-electron chi connectivity index (χ3n) is 4.01. The molecule has 2 rings (SSSR count). The van der Waals surface area contributed by atoms with Crippen LogP contribution >= 0.6 is 27.3 Å². The van der Waals surface area contributed by atoms with Crippen LogP contribution in [0.3, 0.4) is 0 Å². The van der Waals surface area contributed by atoms with Gasteiger partial charge in [0.2, 0.25) is 0 Å². The van der Waals surface area contributed by atoms with Crippen LogP contribution in [-0.2, 0) is 0 Å². The normalized spacial score (nSPS) is 21.8. The van der Waals surface area contributed by atoms with Gasteiger partial charge in [0.05, 0.1) is 9.83 Å². The Kier molecular flexibility index (Phi) is 5.43. The number of hydrogen-bond acceptors (Lipinski definition) is 4. The molecule has 0 spiro atoms. The molecule has 1 aromatic rings. The molecule has 0 bridgehead atoms. The molecule has 2 N–H and O–H groups in total. The summed E-state index contributed by atoms with van der Waals surface area (Å²) >= 11 is 5.36. The van der Waals surface area contributed by atoms with Crippen molar-refractivity contribution in [3.05, 3.63) is 20.8 Å². The number of nitrogens with zero attached hydrogens (tertiary/aromatic N) is 2. The molecule has 5 heteroatoms. The van der Waals surface area contributed by atoms with Crippen LogP contribution in [0, 0.1) is 0 Å². The lowest BCUT2D eigenvalue weighted by molar-refractivity contribution is 0.0998. The Balaban J connectivity index is 2.05. The van der Waals surface area contributed by atoms with E-state index in [1.807, 2.05) is 11.3 Å². The summed E-state index contributed by atoms with van der Waals surface area (Å²) in [6, 6.07) is 5.59. The van der Waals surface area contributed by atoms with Crippen LogP contribution in [0.25, 0.3) is 0 Å². The van der Waals surface area contributed by atoms with E-state index in [4.69, 9.17) is 5.73 Å². The first-order valence-corrected chi connectivity index (χ1v) is 8.51. The smallest absolute Gasteiger partial charge is 0.0702 e. The summed E-state index contributed by atoms with van der Waals surface area (Å²) in [7, 11) is 4.36. The number of rotatable bonds is 4. The van der Waals surface area contributed by atoms with Crippen molar-refractivity contribution in [3.63, 3.8) is 0 Å². The SMILES string of the molecule is CC(N)C(c1ccc(Br)s1)N1CCC(N(C)C)CC1. The molecule has 2 heterocycles. The van der Waals surface area contributed by atoms with Gasteiger partial charge in [0, 0.05) is 30.1 Å². The fourth-order valence-corrected chi connectivity index (χ4v) is 4.61. The van der Waals surface area contributed by atoms with Gasteiger partial charge in [0.15, 0.2) is 0 Å². The average Bonchev–Trinajstić information content (AvgIpc) is 2.76. The van der Waals surface area contributed by atoms with Gasteiger partial charge in [-0.3, -0.25) is 4.90 Å². The van der Waals surface area contributed by atoms with E-state index < -0.39 is 0 Å². The minimum atomic E-state index is 0.168. The lowest BCUT2D eigenvalue weighted by Crippen LogP contribution is -2.47. The van der Waals surface area contributed by atoms with Gasteiger partial charge in [-0.25, -0.2) is 0 Å². The summed E-state index contributed by atoms with van der Waals surface area (Å²) < 4.78 is 1.19. The van der Waals surface area contributed by atoms with Crippen LogP contribution in [0.4, 0.5) is 0 Å². The summed E-state index contributed by atoms with van der Waals surface area (Å²) in [6.07, 6.45) is 2.48. The molecular formula is C14H24BrN3S. The van der Waals surface area contributed by atoms with Crippen molar-refractivity contribution in [2.24, 2.45) is 5.73 Å². The Morgan fingerprint density at radius 1 is 1.37 bits per heavy atom. The Labute approximate surface area is 128 Å². The van der Waals surface area contributed by atoms with E-state index in [1.165, 1.54) is 21.5 Å². The molecule has 108 valence electrons. The summed E-state index contributed by atoms with van der Waals surface area (Å²) in [6.45, 7) is 4.41. The van der Waals surface area contributed by atoms with Crippen molar-refractivity contribution in [2.45, 2.75) is 37.9 Å². The van der Waals surface area contributed by atoms with Gasteiger partial charge < -0.3 is 10.6 Å².